The molecule has 1 amide bonds. The van der Waals surface area contributed by atoms with Gasteiger partial charge in [0.1, 0.15) is 11.5 Å². The van der Waals surface area contributed by atoms with Crippen molar-refractivity contribution < 1.29 is 9.21 Å². The second-order valence-electron chi connectivity index (χ2n) is 4.57. The molecule has 0 spiro atoms. The van der Waals surface area contributed by atoms with E-state index in [2.05, 4.69) is 5.32 Å². The molecule has 18 heavy (non-hydrogen) atoms. The molecule has 1 N–H and O–H groups in total. The first kappa shape index (κ1) is 14.8. The van der Waals surface area contributed by atoms with Gasteiger partial charge in [0.05, 0.1) is 12.1 Å². The number of rotatable bonds is 6. The molecule has 0 aromatic carbocycles. The van der Waals surface area contributed by atoms with Crippen LogP contribution in [0.4, 0.5) is 0 Å². The maximum Gasteiger partial charge on any atom is 0.239 e. The largest absolute Gasteiger partial charge is 0.465 e. The van der Waals surface area contributed by atoms with Crippen molar-refractivity contribution in [1.82, 2.24) is 10.2 Å². The van der Waals surface area contributed by atoms with E-state index >= 15 is 0 Å². The first-order valence-electron chi connectivity index (χ1n) is 6.60. The molecular weight excluding hydrogens is 228 g/mol. The van der Waals surface area contributed by atoms with Crippen LogP contribution in [0.15, 0.2) is 16.5 Å². The highest BCUT2D eigenvalue weighted by molar-refractivity contribution is 5.81. The first-order valence-corrected chi connectivity index (χ1v) is 6.60. The van der Waals surface area contributed by atoms with Crippen LogP contribution in [0, 0.1) is 6.92 Å². The number of aryl methyl sites for hydroxylation is 1. The summed E-state index contributed by atoms with van der Waals surface area (Å²) in [4.78, 5) is 13.9. The standard InChI is InChI=1S/C14H24N2O2/c1-6-16(7-2)14(17)12(5)15-11(4)13-9-8-10(3)18-13/h8-9,11-12,15H,6-7H2,1-5H3. The lowest BCUT2D eigenvalue weighted by Crippen LogP contribution is -2.45. The van der Waals surface area contributed by atoms with E-state index in [1.807, 2.05) is 51.7 Å². The van der Waals surface area contributed by atoms with Crippen LogP contribution in [0.1, 0.15) is 45.3 Å². The second-order valence-corrected chi connectivity index (χ2v) is 4.57. The van der Waals surface area contributed by atoms with Crippen LogP contribution in [-0.4, -0.2) is 29.9 Å². The molecule has 102 valence electrons. The van der Waals surface area contributed by atoms with Crippen LogP contribution in [0.3, 0.4) is 0 Å². The van der Waals surface area contributed by atoms with E-state index in [0.29, 0.717) is 0 Å². The summed E-state index contributed by atoms with van der Waals surface area (Å²) in [5, 5.41) is 3.27. The molecule has 0 saturated heterocycles. The van der Waals surface area contributed by atoms with Gasteiger partial charge in [-0.1, -0.05) is 0 Å². The van der Waals surface area contributed by atoms with Crippen LogP contribution in [-0.2, 0) is 4.79 Å². The van der Waals surface area contributed by atoms with Crippen molar-refractivity contribution >= 4 is 5.91 Å². The molecule has 0 aliphatic carbocycles. The van der Waals surface area contributed by atoms with Crippen molar-refractivity contribution in [1.29, 1.82) is 0 Å². The number of carbonyl (C=O) groups is 1. The fourth-order valence-corrected chi connectivity index (χ4v) is 2.02. The van der Waals surface area contributed by atoms with E-state index in [9.17, 15) is 4.79 Å². The Balaban J connectivity index is 2.58. The number of nitrogens with one attached hydrogen (secondary N) is 1. The summed E-state index contributed by atoms with van der Waals surface area (Å²) in [6.07, 6.45) is 0. The van der Waals surface area contributed by atoms with Gasteiger partial charge in [-0.3, -0.25) is 10.1 Å². The highest BCUT2D eigenvalue weighted by Gasteiger charge is 2.21. The van der Waals surface area contributed by atoms with E-state index in [1.165, 1.54) is 0 Å². The molecule has 0 bridgehead atoms. The number of hydrogen-bond acceptors (Lipinski definition) is 3. The number of nitrogens with zero attached hydrogens (tertiary/aromatic N) is 1. The average Bonchev–Trinajstić information content (AvgIpc) is 2.77. The normalized spacial score (nSPS) is 14.3. The predicted molar refractivity (Wildman–Crippen MR) is 72.4 cm³/mol. The van der Waals surface area contributed by atoms with Gasteiger partial charge in [-0.2, -0.15) is 0 Å². The number of carbonyl (C=O) groups excluding carboxylic acids is 1. The van der Waals surface area contributed by atoms with E-state index in [-0.39, 0.29) is 18.0 Å². The van der Waals surface area contributed by atoms with Crippen molar-refractivity contribution in [2.24, 2.45) is 0 Å². The smallest absolute Gasteiger partial charge is 0.239 e. The topological polar surface area (TPSA) is 45.5 Å². The number of amides is 1. The van der Waals surface area contributed by atoms with Crippen LogP contribution in [0.5, 0.6) is 0 Å². The number of likely N-dealkylation sites (N-methyl/N-ethyl adjacent to an activating group) is 1. The van der Waals surface area contributed by atoms with Crippen LogP contribution >= 0.6 is 0 Å². The molecule has 0 radical (unpaired) electrons. The van der Waals surface area contributed by atoms with Crippen molar-refractivity contribution in [3.63, 3.8) is 0 Å². The molecule has 1 aromatic heterocycles. The van der Waals surface area contributed by atoms with E-state index < -0.39 is 0 Å². The minimum Gasteiger partial charge on any atom is -0.465 e. The molecule has 1 aromatic rings. The lowest BCUT2D eigenvalue weighted by atomic mass is 10.2. The average molecular weight is 252 g/mol. The third-order valence-corrected chi connectivity index (χ3v) is 3.13. The van der Waals surface area contributed by atoms with E-state index in [4.69, 9.17) is 4.42 Å². The van der Waals surface area contributed by atoms with Gasteiger partial charge in [0.15, 0.2) is 0 Å². The molecule has 0 fully saturated rings. The van der Waals surface area contributed by atoms with Gasteiger partial charge in [-0.25, -0.2) is 0 Å². The molecular formula is C14H24N2O2. The lowest BCUT2D eigenvalue weighted by Gasteiger charge is -2.25. The van der Waals surface area contributed by atoms with Gasteiger partial charge in [-0.15, -0.1) is 0 Å². The van der Waals surface area contributed by atoms with E-state index in [1.54, 1.807) is 0 Å². The van der Waals surface area contributed by atoms with Gasteiger partial charge in [-0.05, 0) is 46.8 Å². The first-order chi connectivity index (χ1) is 8.49. The Kier molecular flexibility index (Phi) is 5.41. The minimum atomic E-state index is -0.203. The minimum absolute atomic E-state index is 0.0354. The highest BCUT2D eigenvalue weighted by atomic mass is 16.3. The molecule has 2 unspecified atom stereocenters. The Hall–Kier alpha value is -1.29. The Labute approximate surface area is 109 Å². The molecule has 2 atom stereocenters. The molecule has 0 saturated carbocycles. The lowest BCUT2D eigenvalue weighted by molar-refractivity contribution is -0.132. The number of furan rings is 1. The Morgan fingerprint density at radius 2 is 1.94 bits per heavy atom. The predicted octanol–water partition coefficient (Wildman–Crippen LogP) is 2.50. The zero-order valence-electron chi connectivity index (χ0n) is 12.0. The van der Waals surface area contributed by atoms with Crippen LogP contribution in [0.25, 0.3) is 0 Å². The fourth-order valence-electron chi connectivity index (χ4n) is 2.02. The van der Waals surface area contributed by atoms with Gasteiger partial charge >= 0.3 is 0 Å². The molecule has 0 aliphatic rings. The number of hydrogen-bond donors (Lipinski definition) is 1. The van der Waals surface area contributed by atoms with Crippen molar-refractivity contribution in [2.45, 2.75) is 46.7 Å². The van der Waals surface area contributed by atoms with Gasteiger partial charge < -0.3 is 9.32 Å². The Morgan fingerprint density at radius 1 is 1.33 bits per heavy atom. The maximum absolute atomic E-state index is 12.1. The summed E-state index contributed by atoms with van der Waals surface area (Å²) >= 11 is 0. The third-order valence-electron chi connectivity index (χ3n) is 3.13. The zero-order chi connectivity index (χ0) is 13.7. The summed E-state index contributed by atoms with van der Waals surface area (Å²) < 4.78 is 5.55. The van der Waals surface area contributed by atoms with Crippen molar-refractivity contribution in [2.75, 3.05) is 13.1 Å². The van der Waals surface area contributed by atoms with Gasteiger partial charge in [0.25, 0.3) is 0 Å². The summed E-state index contributed by atoms with van der Waals surface area (Å²) in [6.45, 7) is 11.3. The zero-order valence-corrected chi connectivity index (χ0v) is 12.0. The maximum atomic E-state index is 12.1. The molecule has 1 rings (SSSR count). The van der Waals surface area contributed by atoms with Crippen LogP contribution in [0.2, 0.25) is 0 Å². The fraction of sp³-hybridized carbons (Fsp3) is 0.643. The van der Waals surface area contributed by atoms with E-state index in [0.717, 1.165) is 24.6 Å². The quantitative estimate of drug-likeness (QED) is 0.846. The summed E-state index contributed by atoms with van der Waals surface area (Å²) in [6, 6.07) is 3.71. The summed E-state index contributed by atoms with van der Waals surface area (Å²) in [7, 11) is 0. The van der Waals surface area contributed by atoms with Gasteiger partial charge in [0.2, 0.25) is 5.91 Å². The summed E-state index contributed by atoms with van der Waals surface area (Å²) in [5.74, 6) is 1.89. The van der Waals surface area contributed by atoms with Crippen LogP contribution < -0.4 is 5.32 Å². The molecule has 4 heteroatoms. The molecule has 0 aliphatic heterocycles. The second kappa shape index (κ2) is 6.59. The Morgan fingerprint density at radius 3 is 2.39 bits per heavy atom. The third kappa shape index (κ3) is 3.60. The van der Waals surface area contributed by atoms with Crippen molar-refractivity contribution in [3.05, 3.63) is 23.7 Å². The SMILES string of the molecule is CCN(CC)C(=O)C(C)NC(C)c1ccc(C)o1. The Bertz CT molecular complexity index is 383. The van der Waals surface area contributed by atoms with Crippen molar-refractivity contribution in [3.8, 4) is 0 Å². The highest BCUT2D eigenvalue weighted by Crippen LogP contribution is 2.16. The molecule has 1 heterocycles. The van der Waals surface area contributed by atoms with Gasteiger partial charge in [0, 0.05) is 13.1 Å². The monoisotopic (exact) mass is 252 g/mol. The summed E-state index contributed by atoms with van der Waals surface area (Å²) in [5.41, 5.74) is 0. The molecule has 4 nitrogen and oxygen atoms in total.